The van der Waals surface area contributed by atoms with Crippen molar-refractivity contribution in [1.29, 1.82) is 0 Å². The lowest BCUT2D eigenvalue weighted by atomic mass is 9.73. The zero-order valence-corrected chi connectivity index (χ0v) is 41.0. The molecule has 0 bridgehead atoms. The number of pyridine rings is 1. The summed E-state index contributed by atoms with van der Waals surface area (Å²) in [4.78, 5) is 75.1. The van der Waals surface area contributed by atoms with Gasteiger partial charge in [-0.05, 0) is 79.3 Å². The SMILES string of the molecule is CC[C@@H]1OC(=O)[C@H](C)[C@H](OC(=O)Cc2ccccn2)[C@@H](C)[C@@H](O[C@@H]2O[C@H](C)C[C@H](N(C)C)[C@H]2O)[C@](C)(OC)C[C@@H](C)C(=O)[C@@H](C)[C@@H]2N(CCNS(=O)(=O)c3ccccc3[N+](=O)[O-])C(=O)O[C@]12C. The number of nitro benzene ring substituents is 1. The van der Waals surface area contributed by atoms with Gasteiger partial charge in [-0.15, -0.1) is 0 Å². The number of methoxy groups -OCH3 is 1. The van der Waals surface area contributed by atoms with Crippen LogP contribution in [0, 0.1) is 33.8 Å². The van der Waals surface area contributed by atoms with Gasteiger partial charge >= 0.3 is 18.0 Å². The molecule has 67 heavy (non-hydrogen) atoms. The Hall–Kier alpha value is -4.64. The summed E-state index contributed by atoms with van der Waals surface area (Å²) in [5.74, 6) is -5.88. The highest BCUT2D eigenvalue weighted by molar-refractivity contribution is 7.89. The number of amides is 1. The Morgan fingerprint density at radius 3 is 2.34 bits per heavy atom. The summed E-state index contributed by atoms with van der Waals surface area (Å²) in [6.07, 6.45) is -5.38. The van der Waals surface area contributed by atoms with Gasteiger partial charge in [0.1, 0.15) is 24.1 Å². The number of likely N-dealkylation sites (N-methyl/N-ethyl adjacent to an activating group) is 1. The lowest BCUT2D eigenvalue weighted by molar-refractivity contribution is -0.387. The van der Waals surface area contributed by atoms with Crippen LogP contribution in [0.25, 0.3) is 0 Å². The number of carbonyl (C=O) groups is 4. The third kappa shape index (κ3) is 11.6. The van der Waals surface area contributed by atoms with E-state index >= 15 is 0 Å². The summed E-state index contributed by atoms with van der Waals surface area (Å²) in [6.45, 7) is 12.6. The summed E-state index contributed by atoms with van der Waals surface area (Å²) >= 11 is 0. The van der Waals surface area contributed by atoms with Crippen LogP contribution >= 0.6 is 0 Å². The van der Waals surface area contributed by atoms with Gasteiger partial charge in [0.2, 0.25) is 10.0 Å². The molecule has 3 aliphatic rings. The zero-order valence-electron chi connectivity index (χ0n) is 40.1. The summed E-state index contributed by atoms with van der Waals surface area (Å²) in [7, 11) is 0.636. The maximum Gasteiger partial charge on any atom is 0.410 e. The largest absolute Gasteiger partial charge is 0.461 e. The van der Waals surface area contributed by atoms with Crippen LogP contribution in [-0.4, -0.2) is 151 Å². The summed E-state index contributed by atoms with van der Waals surface area (Å²) in [6, 6.07) is 8.38. The van der Waals surface area contributed by atoms with E-state index in [1.807, 2.05) is 25.9 Å². The first-order valence-corrected chi connectivity index (χ1v) is 24.2. The number of fused-ring (bicyclic) bond motifs is 1. The maximum atomic E-state index is 14.9. The van der Waals surface area contributed by atoms with Crippen molar-refractivity contribution in [3.8, 4) is 0 Å². The fourth-order valence-corrected chi connectivity index (χ4v) is 11.3. The van der Waals surface area contributed by atoms with Gasteiger partial charge in [-0.3, -0.25) is 34.4 Å². The predicted octanol–water partition coefficient (Wildman–Crippen LogP) is 4.06. The van der Waals surface area contributed by atoms with Crippen LogP contribution in [0.15, 0.2) is 53.6 Å². The molecule has 0 aliphatic carbocycles. The second kappa shape index (κ2) is 21.8. The Kier molecular flexibility index (Phi) is 17.3. The van der Waals surface area contributed by atoms with E-state index in [1.54, 1.807) is 59.7 Å². The molecule has 2 N–H and O–H groups in total. The Morgan fingerprint density at radius 1 is 1.06 bits per heavy atom. The number of sulfonamides is 1. The zero-order chi connectivity index (χ0) is 49.8. The van der Waals surface area contributed by atoms with E-state index < -0.39 is 122 Å². The van der Waals surface area contributed by atoms with Crippen LogP contribution in [0.3, 0.4) is 0 Å². The number of nitro groups is 1. The molecule has 0 spiro atoms. The number of para-hydroxylation sites is 1. The highest BCUT2D eigenvalue weighted by atomic mass is 32.2. The molecule has 3 aliphatic heterocycles. The molecule has 14 atom stereocenters. The van der Waals surface area contributed by atoms with Gasteiger partial charge in [0.15, 0.2) is 16.8 Å². The highest BCUT2D eigenvalue weighted by Gasteiger charge is 2.60. The second-order valence-electron chi connectivity index (χ2n) is 18.7. The molecule has 372 valence electrons. The third-order valence-electron chi connectivity index (χ3n) is 13.7. The van der Waals surface area contributed by atoms with Gasteiger partial charge in [0, 0.05) is 56.3 Å². The average molecular weight is 962 g/mol. The minimum atomic E-state index is -4.47. The first kappa shape index (κ1) is 53.3. The van der Waals surface area contributed by atoms with E-state index in [2.05, 4.69) is 9.71 Å². The summed E-state index contributed by atoms with van der Waals surface area (Å²) < 4.78 is 67.1. The molecule has 5 rings (SSSR count). The maximum absolute atomic E-state index is 14.9. The molecule has 1 aromatic carbocycles. The summed E-state index contributed by atoms with van der Waals surface area (Å²) in [5, 5.41) is 23.4. The molecular weight excluding hydrogens is 895 g/mol. The smallest absolute Gasteiger partial charge is 0.410 e. The number of nitrogens with one attached hydrogen (secondary N) is 1. The fourth-order valence-electron chi connectivity index (χ4n) is 10.1. The number of aliphatic hydroxyl groups excluding tert-OH is 1. The number of aromatic nitrogens is 1. The second-order valence-corrected chi connectivity index (χ2v) is 20.4. The number of nitrogens with zero attached hydrogens (tertiary/aromatic N) is 4. The standard InChI is InChI=1S/C46H67N5O15S/c1-12-35-46(8)40(50(44(56)66-46)22-21-48-67(59,60)34-19-14-13-18-32(34)51(57)58)28(4)37(53)26(2)25-45(7,61-11)41(65-43-38(54)33(49(9)10)23-27(3)62-43)29(5)39(30(6)42(55)63-35)64-36(52)24-31-17-15-16-20-47-31/h13-20,26-30,33,35,38-41,43,48,54H,12,21-25H2,1-11H3/t26-,27-,28-,29-,30-,33+,35+,38-,39-,40+,41-,43+,45-,46-/m1/s1. The van der Waals surface area contributed by atoms with E-state index in [0.717, 1.165) is 12.1 Å². The van der Waals surface area contributed by atoms with Crippen LogP contribution in [0.5, 0.6) is 0 Å². The molecule has 3 saturated heterocycles. The van der Waals surface area contributed by atoms with Crippen molar-refractivity contribution >= 4 is 39.5 Å². The Morgan fingerprint density at radius 2 is 1.73 bits per heavy atom. The lowest BCUT2D eigenvalue weighted by Crippen LogP contribution is -2.61. The van der Waals surface area contributed by atoms with Crippen LogP contribution < -0.4 is 4.72 Å². The number of hydrogen-bond acceptors (Lipinski definition) is 17. The minimum absolute atomic E-state index is 0.0182. The van der Waals surface area contributed by atoms with E-state index in [9.17, 15) is 42.8 Å². The summed E-state index contributed by atoms with van der Waals surface area (Å²) in [5.41, 5.74) is -3.34. The quantitative estimate of drug-likeness (QED) is 0.117. The van der Waals surface area contributed by atoms with Gasteiger partial charge < -0.3 is 38.4 Å². The van der Waals surface area contributed by atoms with E-state index in [4.69, 9.17) is 28.4 Å². The van der Waals surface area contributed by atoms with Crippen molar-refractivity contribution in [3.63, 3.8) is 0 Å². The number of hydrogen-bond donors (Lipinski definition) is 2. The Bertz CT molecular complexity index is 2200. The number of esters is 2. The van der Waals surface area contributed by atoms with E-state index in [0.29, 0.717) is 12.1 Å². The molecular formula is C46H67N5O15S. The highest BCUT2D eigenvalue weighted by Crippen LogP contribution is 2.44. The van der Waals surface area contributed by atoms with Crippen LogP contribution in [0.1, 0.15) is 80.3 Å². The number of rotatable bonds is 14. The van der Waals surface area contributed by atoms with Gasteiger partial charge in [-0.1, -0.05) is 45.9 Å². The average Bonchev–Trinajstić information content (AvgIpc) is 3.54. The van der Waals surface area contributed by atoms with Crippen LogP contribution in [0.2, 0.25) is 0 Å². The molecule has 0 saturated carbocycles. The normalized spacial score (nSPS) is 34.5. The van der Waals surface area contributed by atoms with E-state index in [-0.39, 0.29) is 43.7 Å². The van der Waals surface area contributed by atoms with Gasteiger partial charge in [-0.25, -0.2) is 17.9 Å². The topological polar surface area (TPSA) is 253 Å². The molecule has 2 aromatic rings. The van der Waals surface area contributed by atoms with Gasteiger partial charge in [-0.2, -0.15) is 0 Å². The molecule has 0 radical (unpaired) electrons. The Balaban J connectivity index is 1.58. The molecule has 4 heterocycles. The first-order valence-electron chi connectivity index (χ1n) is 22.7. The molecule has 0 unspecified atom stereocenters. The minimum Gasteiger partial charge on any atom is -0.461 e. The molecule has 1 amide bonds. The number of Topliss-reactive ketones (excluding diaryl/α,β-unsaturated/α-hetero) is 1. The fraction of sp³-hybridized carbons (Fsp3) is 0.674. The molecule has 21 heteroatoms. The molecule has 1 aromatic heterocycles. The van der Waals surface area contributed by atoms with Crippen molar-refractivity contribution in [2.75, 3.05) is 34.3 Å². The predicted molar refractivity (Wildman–Crippen MR) is 241 cm³/mol. The Labute approximate surface area is 392 Å². The van der Waals surface area contributed by atoms with Crippen molar-refractivity contribution in [3.05, 3.63) is 64.5 Å². The van der Waals surface area contributed by atoms with Crippen molar-refractivity contribution < 1.29 is 66.0 Å². The molecule has 3 fully saturated rings. The van der Waals surface area contributed by atoms with Crippen molar-refractivity contribution in [2.24, 2.45) is 23.7 Å². The van der Waals surface area contributed by atoms with Gasteiger partial charge in [0.25, 0.3) is 5.69 Å². The van der Waals surface area contributed by atoms with Crippen LogP contribution in [-0.2, 0) is 59.2 Å². The number of benzene rings is 1. The van der Waals surface area contributed by atoms with Crippen LogP contribution in [0.4, 0.5) is 10.5 Å². The number of cyclic esters (lactones) is 1. The number of carbonyl (C=O) groups excluding carboxylic acids is 4. The van der Waals surface area contributed by atoms with Gasteiger partial charge in [0.05, 0.1) is 46.8 Å². The number of ketones is 1. The van der Waals surface area contributed by atoms with E-state index in [1.165, 1.54) is 37.3 Å². The monoisotopic (exact) mass is 961 g/mol. The number of ether oxygens (including phenoxy) is 6. The van der Waals surface area contributed by atoms with Crippen molar-refractivity contribution in [1.82, 2.24) is 19.5 Å². The van der Waals surface area contributed by atoms with Crippen molar-refractivity contribution in [2.45, 2.75) is 146 Å². The lowest BCUT2D eigenvalue weighted by Gasteiger charge is -2.48. The first-order chi connectivity index (χ1) is 31.4. The third-order valence-corrected chi connectivity index (χ3v) is 15.2. The number of aliphatic hydroxyl groups is 1. The molecule has 20 nitrogen and oxygen atoms in total.